The van der Waals surface area contributed by atoms with Crippen molar-refractivity contribution >= 4 is 23.7 Å². The van der Waals surface area contributed by atoms with E-state index in [-0.39, 0.29) is 23.6 Å². The molecule has 1 atom stereocenters. The first-order valence-electron chi connectivity index (χ1n) is 9.42. The molecule has 0 radical (unpaired) electrons. The summed E-state index contributed by atoms with van der Waals surface area (Å²) in [5.74, 6) is -2.03. The molecule has 0 aromatic heterocycles. The highest BCUT2D eigenvalue weighted by molar-refractivity contribution is 6.22. The van der Waals surface area contributed by atoms with Crippen LogP contribution >= 0.6 is 0 Å². The Labute approximate surface area is 158 Å². The fraction of sp³-hybridized carbons (Fsp3) is 0.500. The van der Waals surface area contributed by atoms with E-state index in [4.69, 9.17) is 4.74 Å². The molecule has 0 aliphatic carbocycles. The minimum atomic E-state index is -1.09. The lowest BCUT2D eigenvalue weighted by molar-refractivity contribution is -0.155. The van der Waals surface area contributed by atoms with Gasteiger partial charge in [-0.05, 0) is 31.9 Å². The normalized spacial score (nSPS) is 18.6. The molecule has 0 spiro atoms. The Morgan fingerprint density at radius 2 is 1.48 bits per heavy atom. The van der Waals surface area contributed by atoms with Crippen molar-refractivity contribution in [2.24, 2.45) is 0 Å². The van der Waals surface area contributed by atoms with Crippen molar-refractivity contribution in [1.82, 2.24) is 9.80 Å². The zero-order valence-corrected chi connectivity index (χ0v) is 15.5. The molecule has 3 amide bonds. The zero-order chi connectivity index (χ0) is 19.4. The van der Waals surface area contributed by atoms with Gasteiger partial charge in [-0.25, -0.2) is 4.79 Å². The molecule has 1 unspecified atom stereocenters. The lowest BCUT2D eigenvalue weighted by atomic mass is 10.1. The third-order valence-electron chi connectivity index (χ3n) is 5.10. The van der Waals surface area contributed by atoms with E-state index < -0.39 is 23.8 Å². The number of hydrogen-bond acceptors (Lipinski definition) is 5. The summed E-state index contributed by atoms with van der Waals surface area (Å²) in [5, 5.41) is 0. The monoisotopic (exact) mass is 372 g/mol. The molecular formula is C20H24N2O5. The summed E-state index contributed by atoms with van der Waals surface area (Å²) >= 11 is 0. The van der Waals surface area contributed by atoms with E-state index in [1.54, 1.807) is 29.2 Å². The standard InChI is InChI=1S/C20H24N2O5/c1-14(22-18(24)15-9-5-6-10-16(15)19(22)25)20(26)27-13-17(23)21-11-7-3-2-4-8-12-21/h5-6,9-10,14H,2-4,7-8,11-13H2,1H3. The molecule has 0 N–H and O–H groups in total. The van der Waals surface area contributed by atoms with Gasteiger partial charge in [-0.2, -0.15) is 0 Å². The maximum atomic E-state index is 12.4. The Bertz CT molecular complexity index is 717. The topological polar surface area (TPSA) is 84.0 Å². The van der Waals surface area contributed by atoms with E-state index in [1.807, 2.05) is 0 Å². The average molecular weight is 372 g/mol. The van der Waals surface area contributed by atoms with Crippen LogP contribution in [0.25, 0.3) is 0 Å². The van der Waals surface area contributed by atoms with E-state index in [2.05, 4.69) is 0 Å². The van der Waals surface area contributed by atoms with Crippen LogP contribution in [-0.2, 0) is 14.3 Å². The molecule has 0 bridgehead atoms. The van der Waals surface area contributed by atoms with Gasteiger partial charge in [0.2, 0.25) is 0 Å². The predicted molar refractivity (Wildman–Crippen MR) is 97.0 cm³/mol. The van der Waals surface area contributed by atoms with Crippen LogP contribution in [0.4, 0.5) is 0 Å². The molecule has 0 saturated carbocycles. The van der Waals surface area contributed by atoms with Gasteiger partial charge in [-0.3, -0.25) is 19.3 Å². The van der Waals surface area contributed by atoms with Crippen molar-refractivity contribution in [2.75, 3.05) is 19.7 Å². The molecule has 7 heteroatoms. The number of carbonyl (C=O) groups excluding carboxylic acids is 4. The smallest absolute Gasteiger partial charge is 0.329 e. The Hall–Kier alpha value is -2.70. The zero-order valence-electron chi connectivity index (χ0n) is 15.5. The van der Waals surface area contributed by atoms with Crippen LogP contribution in [0, 0.1) is 0 Å². The average Bonchev–Trinajstić information content (AvgIpc) is 2.90. The third kappa shape index (κ3) is 4.02. The van der Waals surface area contributed by atoms with Gasteiger partial charge in [-0.1, -0.05) is 31.4 Å². The number of rotatable bonds is 4. The highest BCUT2D eigenvalue weighted by Crippen LogP contribution is 2.24. The first-order chi connectivity index (χ1) is 13.0. The van der Waals surface area contributed by atoms with Crippen molar-refractivity contribution in [3.63, 3.8) is 0 Å². The molecule has 144 valence electrons. The van der Waals surface area contributed by atoms with Crippen LogP contribution in [0.15, 0.2) is 24.3 Å². The Morgan fingerprint density at radius 3 is 2.04 bits per heavy atom. The second-order valence-corrected chi connectivity index (χ2v) is 6.96. The van der Waals surface area contributed by atoms with E-state index in [0.29, 0.717) is 13.1 Å². The van der Waals surface area contributed by atoms with Crippen LogP contribution in [0.3, 0.4) is 0 Å². The van der Waals surface area contributed by atoms with Gasteiger partial charge in [0.15, 0.2) is 6.61 Å². The third-order valence-corrected chi connectivity index (χ3v) is 5.10. The molecule has 2 aliphatic heterocycles. The molecule has 1 aromatic carbocycles. The van der Waals surface area contributed by atoms with E-state index in [1.165, 1.54) is 13.3 Å². The Balaban J connectivity index is 1.57. The molecule has 1 aromatic rings. The second kappa shape index (κ2) is 8.33. The van der Waals surface area contributed by atoms with Gasteiger partial charge in [0.25, 0.3) is 17.7 Å². The van der Waals surface area contributed by atoms with Crippen molar-refractivity contribution < 1.29 is 23.9 Å². The summed E-state index contributed by atoms with van der Waals surface area (Å²) in [5.41, 5.74) is 0.553. The quantitative estimate of drug-likeness (QED) is 0.596. The minimum Gasteiger partial charge on any atom is -0.454 e. The first kappa shape index (κ1) is 19.1. The summed E-state index contributed by atoms with van der Waals surface area (Å²) in [7, 11) is 0. The maximum absolute atomic E-state index is 12.4. The molecule has 1 fully saturated rings. The molecule has 2 heterocycles. The number of imide groups is 1. The highest BCUT2D eigenvalue weighted by Gasteiger charge is 2.41. The van der Waals surface area contributed by atoms with Crippen molar-refractivity contribution in [2.45, 2.75) is 45.1 Å². The van der Waals surface area contributed by atoms with Crippen LogP contribution in [0.2, 0.25) is 0 Å². The largest absolute Gasteiger partial charge is 0.454 e. The van der Waals surface area contributed by atoms with Gasteiger partial charge in [0, 0.05) is 13.1 Å². The van der Waals surface area contributed by atoms with Crippen molar-refractivity contribution in [1.29, 1.82) is 0 Å². The lowest BCUT2D eigenvalue weighted by Crippen LogP contribution is -2.45. The summed E-state index contributed by atoms with van der Waals surface area (Å²) in [6, 6.07) is 5.35. The van der Waals surface area contributed by atoms with E-state index in [0.717, 1.165) is 30.6 Å². The summed E-state index contributed by atoms with van der Waals surface area (Å²) < 4.78 is 5.12. The number of ether oxygens (including phenoxy) is 1. The predicted octanol–water partition coefficient (Wildman–Crippen LogP) is 2.01. The van der Waals surface area contributed by atoms with E-state index >= 15 is 0 Å². The number of carbonyl (C=O) groups is 4. The summed E-state index contributed by atoms with van der Waals surface area (Å²) in [6.07, 6.45) is 5.28. The molecule has 27 heavy (non-hydrogen) atoms. The van der Waals surface area contributed by atoms with Crippen LogP contribution in [0.5, 0.6) is 0 Å². The Kier molecular flexibility index (Phi) is 5.88. The van der Waals surface area contributed by atoms with Gasteiger partial charge in [-0.15, -0.1) is 0 Å². The van der Waals surface area contributed by atoms with Crippen LogP contribution in [-0.4, -0.2) is 59.2 Å². The maximum Gasteiger partial charge on any atom is 0.329 e. The first-order valence-corrected chi connectivity index (χ1v) is 9.42. The summed E-state index contributed by atoms with van der Waals surface area (Å²) in [6.45, 7) is 2.41. The number of esters is 1. The van der Waals surface area contributed by atoms with Crippen molar-refractivity contribution in [3.8, 4) is 0 Å². The second-order valence-electron chi connectivity index (χ2n) is 6.96. The molecule has 3 rings (SSSR count). The van der Waals surface area contributed by atoms with Crippen LogP contribution < -0.4 is 0 Å². The van der Waals surface area contributed by atoms with Gasteiger partial charge in [0.1, 0.15) is 6.04 Å². The fourth-order valence-electron chi connectivity index (χ4n) is 3.51. The molecular weight excluding hydrogens is 348 g/mol. The molecule has 7 nitrogen and oxygen atoms in total. The number of amides is 3. The van der Waals surface area contributed by atoms with Gasteiger partial charge in [0.05, 0.1) is 11.1 Å². The number of nitrogens with zero attached hydrogens (tertiary/aromatic N) is 2. The Morgan fingerprint density at radius 1 is 0.963 bits per heavy atom. The number of fused-ring (bicyclic) bond motifs is 1. The molecule has 1 saturated heterocycles. The van der Waals surface area contributed by atoms with E-state index in [9.17, 15) is 19.2 Å². The summed E-state index contributed by atoms with van der Waals surface area (Å²) in [4.78, 5) is 52.1. The number of hydrogen-bond donors (Lipinski definition) is 0. The lowest BCUT2D eigenvalue weighted by Gasteiger charge is -2.25. The molecule has 2 aliphatic rings. The van der Waals surface area contributed by atoms with Gasteiger partial charge < -0.3 is 9.64 Å². The van der Waals surface area contributed by atoms with Gasteiger partial charge >= 0.3 is 5.97 Å². The van der Waals surface area contributed by atoms with Crippen molar-refractivity contribution in [3.05, 3.63) is 35.4 Å². The SMILES string of the molecule is CC(C(=O)OCC(=O)N1CCCCCCC1)N1C(=O)c2ccccc2C1=O. The highest BCUT2D eigenvalue weighted by atomic mass is 16.5. The minimum absolute atomic E-state index is 0.236. The van der Waals surface area contributed by atoms with Crippen LogP contribution in [0.1, 0.15) is 59.7 Å². The number of likely N-dealkylation sites (tertiary alicyclic amines) is 1. The number of benzene rings is 1. The fourth-order valence-corrected chi connectivity index (χ4v) is 3.51.